The van der Waals surface area contributed by atoms with Gasteiger partial charge in [0.1, 0.15) is 4.88 Å². The van der Waals surface area contributed by atoms with Crippen molar-refractivity contribution >= 4 is 44.1 Å². The summed E-state index contributed by atoms with van der Waals surface area (Å²) in [6.45, 7) is 9.35. The van der Waals surface area contributed by atoms with Crippen LogP contribution in [0.5, 0.6) is 0 Å². The topological polar surface area (TPSA) is 62.2 Å². The van der Waals surface area contributed by atoms with Crippen molar-refractivity contribution in [3.63, 3.8) is 0 Å². The van der Waals surface area contributed by atoms with E-state index in [1.165, 1.54) is 27.4 Å². The van der Waals surface area contributed by atoms with Crippen LogP contribution >= 0.6 is 22.9 Å². The van der Waals surface area contributed by atoms with Crippen LogP contribution in [-0.4, -0.2) is 51.6 Å². The van der Waals surface area contributed by atoms with Gasteiger partial charge >= 0.3 is 0 Å². The summed E-state index contributed by atoms with van der Waals surface area (Å²) in [6, 6.07) is 4.38. The Hall–Kier alpha value is -2.06. The van der Waals surface area contributed by atoms with Gasteiger partial charge in [-0.2, -0.15) is 0 Å². The van der Waals surface area contributed by atoms with E-state index >= 15 is 0 Å². The van der Waals surface area contributed by atoms with Crippen LogP contribution in [0.3, 0.4) is 0 Å². The molecule has 4 rings (SSSR count). The molecular formula is C19H23N5OS2. The molecule has 8 heteroatoms. The van der Waals surface area contributed by atoms with E-state index in [-0.39, 0.29) is 5.91 Å². The Kier molecular flexibility index (Phi) is 5.10. The van der Waals surface area contributed by atoms with Crippen molar-refractivity contribution in [2.24, 2.45) is 0 Å². The quantitative estimate of drug-likeness (QED) is 0.667. The number of nitrogens with zero attached hydrogens (tertiary/aromatic N) is 5. The predicted molar refractivity (Wildman–Crippen MR) is 111 cm³/mol. The number of carbonyl (C=O) groups is 1. The lowest BCUT2D eigenvalue weighted by Crippen LogP contribution is -2.48. The summed E-state index contributed by atoms with van der Waals surface area (Å²) in [5.74, 6) is 0.0730. The van der Waals surface area contributed by atoms with Crippen LogP contribution in [0.1, 0.15) is 39.8 Å². The largest absolute Gasteiger partial charge is 0.345 e. The van der Waals surface area contributed by atoms with Gasteiger partial charge in [0.05, 0.1) is 15.9 Å². The number of carbonyl (C=O) groups excluding carboxylic acids is 1. The molecule has 3 aromatic rings. The average molecular weight is 402 g/mol. The first kappa shape index (κ1) is 18.3. The zero-order chi connectivity index (χ0) is 19.0. The van der Waals surface area contributed by atoms with Gasteiger partial charge in [-0.3, -0.25) is 4.79 Å². The van der Waals surface area contributed by atoms with Crippen LogP contribution in [0, 0.1) is 13.8 Å². The van der Waals surface area contributed by atoms with E-state index in [1.807, 2.05) is 4.90 Å². The van der Waals surface area contributed by atoms with Gasteiger partial charge in [0.25, 0.3) is 5.91 Å². The third-order valence-corrected chi connectivity index (χ3v) is 6.71. The third-order valence-electron chi connectivity index (χ3n) is 4.89. The number of hydrogen-bond donors (Lipinski definition) is 0. The maximum Gasteiger partial charge on any atom is 0.267 e. The normalized spacial score (nSPS) is 14.9. The fourth-order valence-electron chi connectivity index (χ4n) is 3.51. The number of aryl methyl sites for hydroxylation is 3. The maximum atomic E-state index is 12.8. The standard InChI is InChI=1S/C19H23N5OS2/c1-4-5-14-17(27-22-21-14)18(25)23-6-8-24(9-7-23)19-20-16-13(3)10-12(2)11-15(16)26-19/h10-11H,4-9H2,1-3H3. The molecule has 27 heavy (non-hydrogen) atoms. The molecule has 0 radical (unpaired) electrons. The highest BCUT2D eigenvalue weighted by Gasteiger charge is 2.27. The summed E-state index contributed by atoms with van der Waals surface area (Å²) in [6.07, 6.45) is 1.78. The second kappa shape index (κ2) is 7.52. The fourth-order valence-corrected chi connectivity index (χ4v) is 5.38. The predicted octanol–water partition coefficient (Wildman–Crippen LogP) is 3.68. The summed E-state index contributed by atoms with van der Waals surface area (Å²) in [5, 5.41) is 5.18. The zero-order valence-electron chi connectivity index (χ0n) is 15.9. The SMILES string of the molecule is CCCc1nnsc1C(=O)N1CCN(c2nc3c(C)cc(C)cc3s2)CC1. The van der Waals surface area contributed by atoms with Crippen molar-refractivity contribution in [2.75, 3.05) is 31.1 Å². The first-order valence-corrected chi connectivity index (χ1v) is 10.9. The first-order chi connectivity index (χ1) is 13.1. The first-order valence-electron chi connectivity index (χ1n) is 9.30. The van der Waals surface area contributed by atoms with Crippen molar-refractivity contribution in [2.45, 2.75) is 33.6 Å². The van der Waals surface area contributed by atoms with E-state index in [9.17, 15) is 4.79 Å². The molecule has 3 heterocycles. The monoisotopic (exact) mass is 401 g/mol. The summed E-state index contributed by atoms with van der Waals surface area (Å²) < 4.78 is 5.22. The van der Waals surface area contributed by atoms with Crippen molar-refractivity contribution in [1.29, 1.82) is 0 Å². The number of amides is 1. The van der Waals surface area contributed by atoms with E-state index in [4.69, 9.17) is 4.98 Å². The molecule has 0 N–H and O–H groups in total. The Balaban J connectivity index is 1.46. The summed E-state index contributed by atoms with van der Waals surface area (Å²) in [7, 11) is 0. The van der Waals surface area contributed by atoms with E-state index in [1.54, 1.807) is 11.3 Å². The van der Waals surface area contributed by atoms with E-state index in [0.29, 0.717) is 18.0 Å². The molecule has 6 nitrogen and oxygen atoms in total. The molecule has 0 spiro atoms. The number of hydrogen-bond acceptors (Lipinski definition) is 7. The molecular weight excluding hydrogens is 378 g/mol. The zero-order valence-corrected chi connectivity index (χ0v) is 17.5. The Morgan fingerprint density at radius 1 is 1.19 bits per heavy atom. The van der Waals surface area contributed by atoms with Gasteiger partial charge in [-0.1, -0.05) is 35.2 Å². The van der Waals surface area contributed by atoms with Crippen molar-refractivity contribution < 1.29 is 4.79 Å². The van der Waals surface area contributed by atoms with Crippen LogP contribution < -0.4 is 4.90 Å². The van der Waals surface area contributed by atoms with E-state index in [2.05, 4.69) is 47.4 Å². The molecule has 0 bridgehead atoms. The number of benzene rings is 1. The van der Waals surface area contributed by atoms with Gasteiger partial charge in [-0.05, 0) is 49.0 Å². The molecule has 0 atom stereocenters. The lowest BCUT2D eigenvalue weighted by Gasteiger charge is -2.34. The van der Waals surface area contributed by atoms with Gasteiger partial charge in [-0.15, -0.1) is 5.10 Å². The average Bonchev–Trinajstić information content (AvgIpc) is 3.29. The smallest absolute Gasteiger partial charge is 0.267 e. The molecule has 0 unspecified atom stereocenters. The van der Waals surface area contributed by atoms with Gasteiger partial charge in [0.15, 0.2) is 5.13 Å². The second-order valence-corrected chi connectivity index (χ2v) is 8.77. The summed E-state index contributed by atoms with van der Waals surface area (Å²) in [5.41, 5.74) is 4.43. The molecule has 1 saturated heterocycles. The molecule has 0 saturated carbocycles. The summed E-state index contributed by atoms with van der Waals surface area (Å²) in [4.78, 5) is 22.6. The van der Waals surface area contributed by atoms with Crippen LogP contribution in [-0.2, 0) is 6.42 Å². The van der Waals surface area contributed by atoms with Gasteiger partial charge in [0.2, 0.25) is 0 Å². The Morgan fingerprint density at radius 2 is 1.96 bits per heavy atom. The van der Waals surface area contributed by atoms with Crippen LogP contribution in [0.25, 0.3) is 10.2 Å². The minimum Gasteiger partial charge on any atom is -0.345 e. The molecule has 1 fully saturated rings. The molecule has 1 amide bonds. The van der Waals surface area contributed by atoms with Crippen LogP contribution in [0.15, 0.2) is 12.1 Å². The molecule has 1 aliphatic heterocycles. The third kappa shape index (κ3) is 3.55. The second-order valence-electron chi connectivity index (χ2n) is 7.00. The highest BCUT2D eigenvalue weighted by atomic mass is 32.1. The number of rotatable bonds is 4. The van der Waals surface area contributed by atoms with Crippen molar-refractivity contribution in [3.8, 4) is 0 Å². The van der Waals surface area contributed by atoms with E-state index in [0.717, 1.165) is 42.3 Å². The highest BCUT2D eigenvalue weighted by Crippen LogP contribution is 2.32. The number of fused-ring (bicyclic) bond motifs is 1. The molecule has 0 aliphatic carbocycles. The highest BCUT2D eigenvalue weighted by molar-refractivity contribution is 7.22. The van der Waals surface area contributed by atoms with Crippen molar-refractivity contribution in [3.05, 3.63) is 33.8 Å². The maximum absolute atomic E-state index is 12.8. The number of anilines is 1. The number of aromatic nitrogens is 3. The summed E-state index contributed by atoms with van der Waals surface area (Å²) >= 11 is 2.96. The Labute approximate surface area is 167 Å². The van der Waals surface area contributed by atoms with E-state index < -0.39 is 0 Å². The minimum absolute atomic E-state index is 0.0730. The lowest BCUT2D eigenvalue weighted by atomic mass is 10.1. The Morgan fingerprint density at radius 3 is 2.70 bits per heavy atom. The molecule has 1 aliphatic rings. The van der Waals surface area contributed by atoms with Crippen LogP contribution in [0.4, 0.5) is 5.13 Å². The minimum atomic E-state index is 0.0730. The van der Waals surface area contributed by atoms with Gasteiger partial charge < -0.3 is 9.80 Å². The molecule has 142 valence electrons. The van der Waals surface area contributed by atoms with Gasteiger partial charge in [0, 0.05) is 26.2 Å². The lowest BCUT2D eigenvalue weighted by molar-refractivity contribution is 0.0750. The molecule has 2 aromatic heterocycles. The number of thiazole rings is 1. The molecule has 1 aromatic carbocycles. The number of piperazine rings is 1. The Bertz CT molecular complexity index is 972. The fraction of sp³-hybridized carbons (Fsp3) is 0.474. The van der Waals surface area contributed by atoms with Crippen molar-refractivity contribution in [1.82, 2.24) is 19.5 Å². The van der Waals surface area contributed by atoms with Crippen LogP contribution in [0.2, 0.25) is 0 Å². The van der Waals surface area contributed by atoms with Gasteiger partial charge in [-0.25, -0.2) is 4.98 Å².